The number of rotatable bonds is 1. The Morgan fingerprint density at radius 3 is 2.53 bits per heavy atom. The highest BCUT2D eigenvalue weighted by Gasteiger charge is 2.12. The molecule has 4 rings (SSSR count). The van der Waals surface area contributed by atoms with Crippen molar-refractivity contribution < 1.29 is 14.3 Å². The maximum atomic E-state index is 11.2. The van der Waals surface area contributed by atoms with Gasteiger partial charge in [-0.25, -0.2) is 4.79 Å². The lowest BCUT2D eigenvalue weighted by atomic mass is 10.1. The molecule has 0 unspecified atom stereocenters. The lowest BCUT2D eigenvalue weighted by molar-refractivity contribution is -0.116. The lowest BCUT2D eigenvalue weighted by Gasteiger charge is -2.10. The highest BCUT2D eigenvalue weighted by molar-refractivity contribution is 5.92. The molecular formula is C23H32N4O3. The highest BCUT2D eigenvalue weighted by Crippen LogP contribution is 2.25. The van der Waals surface area contributed by atoms with Gasteiger partial charge >= 0.3 is 6.09 Å². The molecular weight excluding hydrogens is 380 g/mol. The maximum absolute atomic E-state index is 11.2. The zero-order chi connectivity index (χ0) is 20.6. The molecule has 2 aromatic rings. The number of amides is 2. The van der Waals surface area contributed by atoms with Crippen molar-refractivity contribution >= 4 is 34.7 Å². The predicted octanol–water partition coefficient (Wildman–Crippen LogP) is 4.79. The van der Waals surface area contributed by atoms with E-state index in [1.165, 1.54) is 31.1 Å². The summed E-state index contributed by atoms with van der Waals surface area (Å²) >= 11 is 0. The molecule has 2 amide bonds. The van der Waals surface area contributed by atoms with Gasteiger partial charge in [0.2, 0.25) is 5.91 Å². The van der Waals surface area contributed by atoms with Crippen LogP contribution in [0.2, 0.25) is 0 Å². The summed E-state index contributed by atoms with van der Waals surface area (Å²) < 4.78 is 4.55. The van der Waals surface area contributed by atoms with Crippen LogP contribution in [0.4, 0.5) is 27.5 Å². The summed E-state index contributed by atoms with van der Waals surface area (Å²) in [6, 6.07) is 11.6. The van der Waals surface area contributed by atoms with E-state index in [1.807, 2.05) is 30.3 Å². The van der Waals surface area contributed by atoms with Crippen LogP contribution in [0.1, 0.15) is 44.2 Å². The van der Waals surface area contributed by atoms with Crippen molar-refractivity contribution in [1.29, 1.82) is 0 Å². The molecule has 2 heterocycles. The largest absolute Gasteiger partial charge is 0.453 e. The van der Waals surface area contributed by atoms with Gasteiger partial charge in [0.1, 0.15) is 0 Å². The number of fused-ring (bicyclic) bond motifs is 2. The first kappa shape index (κ1) is 23.1. The smallest absolute Gasteiger partial charge is 0.411 e. The minimum absolute atomic E-state index is 0. The first-order valence-electron chi connectivity index (χ1n) is 9.95. The first-order valence-corrected chi connectivity index (χ1v) is 9.95. The van der Waals surface area contributed by atoms with Gasteiger partial charge in [0.25, 0.3) is 0 Å². The van der Waals surface area contributed by atoms with E-state index in [2.05, 4.69) is 26.8 Å². The second-order valence-corrected chi connectivity index (χ2v) is 7.19. The molecule has 2 aliphatic heterocycles. The highest BCUT2D eigenvalue weighted by atomic mass is 16.5. The van der Waals surface area contributed by atoms with Gasteiger partial charge in [0, 0.05) is 35.7 Å². The fourth-order valence-electron chi connectivity index (χ4n) is 3.45. The third-order valence-corrected chi connectivity index (χ3v) is 4.99. The van der Waals surface area contributed by atoms with Gasteiger partial charge in [-0.15, -0.1) is 0 Å². The molecule has 0 aliphatic carbocycles. The summed E-state index contributed by atoms with van der Waals surface area (Å²) in [6.45, 7) is 0.995. The third-order valence-electron chi connectivity index (χ3n) is 4.99. The minimum Gasteiger partial charge on any atom is -0.453 e. The second kappa shape index (κ2) is 11.1. The number of ether oxygens (including phenoxy) is 1. The minimum atomic E-state index is -0.437. The van der Waals surface area contributed by atoms with Crippen molar-refractivity contribution in [2.45, 2.75) is 46.0 Å². The molecule has 30 heavy (non-hydrogen) atoms. The summed E-state index contributed by atoms with van der Waals surface area (Å²) in [6.07, 6.45) is 5.54. The molecule has 5 N–H and O–H groups in total. The molecule has 7 nitrogen and oxygen atoms in total. The quantitative estimate of drug-likeness (QED) is 0.504. The Bertz CT molecular complexity index is 883. The maximum Gasteiger partial charge on any atom is 0.411 e. The normalized spacial score (nSPS) is 14.5. The van der Waals surface area contributed by atoms with Crippen molar-refractivity contribution in [2.24, 2.45) is 0 Å². The van der Waals surface area contributed by atoms with Crippen molar-refractivity contribution in [3.8, 4) is 0 Å². The number of aryl methyl sites for hydroxylation is 2. The van der Waals surface area contributed by atoms with Crippen LogP contribution < -0.4 is 21.7 Å². The third kappa shape index (κ3) is 6.40. The average molecular weight is 413 g/mol. The molecule has 0 fully saturated rings. The number of methoxy groups -OCH3 is 1. The summed E-state index contributed by atoms with van der Waals surface area (Å²) in [5.74, 6) is 0.0874. The number of hydrogen-bond donors (Lipinski definition) is 4. The molecule has 0 saturated carbocycles. The van der Waals surface area contributed by atoms with Crippen LogP contribution in [0.15, 0.2) is 36.4 Å². The number of carbonyl (C=O) groups excluding carboxylic acids is 2. The van der Waals surface area contributed by atoms with Crippen LogP contribution in [0.3, 0.4) is 0 Å². The molecule has 0 bridgehead atoms. The molecule has 7 heteroatoms. The van der Waals surface area contributed by atoms with E-state index in [-0.39, 0.29) is 13.3 Å². The molecule has 0 saturated heterocycles. The summed E-state index contributed by atoms with van der Waals surface area (Å²) in [4.78, 5) is 22.3. The zero-order valence-electron chi connectivity index (χ0n) is 16.7. The van der Waals surface area contributed by atoms with Crippen LogP contribution in [0, 0.1) is 0 Å². The fourth-order valence-corrected chi connectivity index (χ4v) is 3.45. The average Bonchev–Trinajstić information content (AvgIpc) is 3.05. The number of carbonyl (C=O) groups is 2. The number of nitrogens with two attached hydrogens (primary N) is 1. The molecule has 0 radical (unpaired) electrons. The van der Waals surface area contributed by atoms with Crippen LogP contribution >= 0.6 is 0 Å². The number of benzene rings is 2. The zero-order valence-corrected chi connectivity index (χ0v) is 16.7. The van der Waals surface area contributed by atoms with E-state index in [9.17, 15) is 9.59 Å². The van der Waals surface area contributed by atoms with Crippen LogP contribution in [-0.2, 0) is 22.4 Å². The van der Waals surface area contributed by atoms with Crippen molar-refractivity contribution in [2.75, 3.05) is 35.3 Å². The molecule has 2 aromatic carbocycles. The first-order chi connectivity index (χ1) is 14.0. The van der Waals surface area contributed by atoms with E-state index in [4.69, 9.17) is 5.73 Å². The second-order valence-electron chi connectivity index (χ2n) is 7.19. The lowest BCUT2D eigenvalue weighted by Crippen LogP contribution is -2.11. The number of hydrogen-bond acceptors (Lipinski definition) is 5. The topological polar surface area (TPSA) is 105 Å². The Labute approximate surface area is 178 Å². The van der Waals surface area contributed by atoms with Crippen LogP contribution in [0.25, 0.3) is 0 Å². The van der Waals surface area contributed by atoms with E-state index >= 15 is 0 Å². The molecule has 0 aromatic heterocycles. The van der Waals surface area contributed by atoms with Gasteiger partial charge in [-0.2, -0.15) is 0 Å². The molecule has 2 aliphatic rings. The van der Waals surface area contributed by atoms with E-state index in [1.54, 1.807) is 0 Å². The van der Waals surface area contributed by atoms with Crippen molar-refractivity contribution in [1.82, 2.24) is 0 Å². The Hall–Kier alpha value is -3.22. The Morgan fingerprint density at radius 2 is 1.73 bits per heavy atom. The fraction of sp³-hybridized carbons (Fsp3) is 0.391. The number of anilines is 4. The van der Waals surface area contributed by atoms with Gasteiger partial charge in [0.15, 0.2) is 0 Å². The Morgan fingerprint density at radius 1 is 1.00 bits per heavy atom. The van der Waals surface area contributed by atoms with Gasteiger partial charge in [-0.05, 0) is 67.5 Å². The van der Waals surface area contributed by atoms with E-state index < -0.39 is 6.09 Å². The molecule has 162 valence electrons. The Kier molecular flexibility index (Phi) is 8.53. The van der Waals surface area contributed by atoms with Crippen LogP contribution in [0.5, 0.6) is 0 Å². The standard InChI is InChI=1S/C12H16N2O2.C10H12N2O.CH4/c1-16-12(15)14-10-6-5-9-4-2-3-7-13-11(9)8-10;11-8-5-4-7-2-1-3-10(13)12-9(7)6-8;/h5-6,8,13H,2-4,7H2,1H3,(H,14,15);4-6H,1-3,11H2,(H,12,13);1H4. The van der Waals surface area contributed by atoms with Gasteiger partial charge < -0.3 is 21.1 Å². The van der Waals surface area contributed by atoms with Crippen LogP contribution in [-0.4, -0.2) is 25.7 Å². The summed E-state index contributed by atoms with van der Waals surface area (Å²) in [7, 11) is 1.36. The summed E-state index contributed by atoms with van der Waals surface area (Å²) in [5, 5.41) is 8.87. The monoisotopic (exact) mass is 412 g/mol. The Balaban J connectivity index is 0.000000211. The van der Waals surface area contributed by atoms with E-state index in [0.717, 1.165) is 42.9 Å². The van der Waals surface area contributed by atoms with E-state index in [0.29, 0.717) is 12.1 Å². The predicted molar refractivity (Wildman–Crippen MR) is 123 cm³/mol. The van der Waals surface area contributed by atoms with Crippen molar-refractivity contribution in [3.63, 3.8) is 0 Å². The summed E-state index contributed by atoms with van der Waals surface area (Å²) in [5.41, 5.74) is 11.6. The van der Waals surface area contributed by atoms with Crippen molar-refractivity contribution in [3.05, 3.63) is 47.5 Å². The van der Waals surface area contributed by atoms with Gasteiger partial charge in [-0.1, -0.05) is 19.6 Å². The number of nitrogen functional groups attached to an aromatic ring is 1. The van der Waals surface area contributed by atoms with Gasteiger partial charge in [-0.3, -0.25) is 10.1 Å². The van der Waals surface area contributed by atoms with Gasteiger partial charge in [0.05, 0.1) is 7.11 Å². The number of nitrogens with one attached hydrogen (secondary N) is 3. The SMILES string of the molecule is C.COC(=O)Nc1ccc2c(c1)NCCCC2.Nc1ccc2c(c1)NC(=O)CCC2. The molecule has 0 spiro atoms. The molecule has 0 atom stereocenters.